The van der Waals surface area contributed by atoms with Gasteiger partial charge in [0.2, 0.25) is 0 Å². The molecule has 0 heterocycles. The van der Waals surface area contributed by atoms with Crippen LogP contribution in [0.1, 0.15) is 77.6 Å². The standard InChI is InChI=1S/C21H36O3/c1-3-4-5-6-7-8-11-14-17-20(22)18-15-12-9-10-13-16-19-21(23)24-2/h5-6,8,11,14,17,20,22H,3-4,7,9-10,12-13,15-16,18-19H2,1-2H3. The van der Waals surface area contributed by atoms with Crippen LogP contribution in [0.4, 0.5) is 0 Å². The number of rotatable bonds is 15. The topological polar surface area (TPSA) is 46.5 Å². The zero-order valence-electron chi connectivity index (χ0n) is 15.6. The van der Waals surface area contributed by atoms with Crippen molar-refractivity contribution in [3.8, 4) is 0 Å². The zero-order chi connectivity index (χ0) is 17.9. The van der Waals surface area contributed by atoms with Crippen molar-refractivity contribution in [1.82, 2.24) is 0 Å². The number of esters is 1. The summed E-state index contributed by atoms with van der Waals surface area (Å²) in [6, 6.07) is 0. The first-order valence-electron chi connectivity index (χ1n) is 9.44. The van der Waals surface area contributed by atoms with E-state index in [1.807, 2.05) is 18.2 Å². The summed E-state index contributed by atoms with van der Waals surface area (Å²) in [5.74, 6) is -0.115. The van der Waals surface area contributed by atoms with Crippen LogP contribution in [0.15, 0.2) is 36.5 Å². The Labute approximate surface area is 148 Å². The summed E-state index contributed by atoms with van der Waals surface area (Å²) >= 11 is 0. The van der Waals surface area contributed by atoms with Gasteiger partial charge in [-0.15, -0.1) is 0 Å². The van der Waals surface area contributed by atoms with Crippen LogP contribution in [-0.4, -0.2) is 24.3 Å². The van der Waals surface area contributed by atoms with E-state index >= 15 is 0 Å². The Morgan fingerprint density at radius 3 is 2.42 bits per heavy atom. The van der Waals surface area contributed by atoms with Crippen molar-refractivity contribution in [1.29, 1.82) is 0 Å². The molecule has 1 N–H and O–H groups in total. The molecule has 3 nitrogen and oxygen atoms in total. The summed E-state index contributed by atoms with van der Waals surface area (Å²) in [7, 11) is 1.43. The molecule has 0 rings (SSSR count). The van der Waals surface area contributed by atoms with Gasteiger partial charge >= 0.3 is 5.97 Å². The molecule has 0 radical (unpaired) electrons. The number of aliphatic hydroxyl groups is 1. The lowest BCUT2D eigenvalue weighted by Crippen LogP contribution is -2.01. The van der Waals surface area contributed by atoms with Crippen LogP contribution >= 0.6 is 0 Å². The lowest BCUT2D eigenvalue weighted by Gasteiger charge is -2.05. The molecule has 24 heavy (non-hydrogen) atoms. The Bertz CT molecular complexity index is 369. The van der Waals surface area contributed by atoms with Gasteiger partial charge in [-0.1, -0.05) is 81.9 Å². The van der Waals surface area contributed by atoms with Crippen molar-refractivity contribution in [2.45, 2.75) is 83.7 Å². The Morgan fingerprint density at radius 1 is 1.00 bits per heavy atom. The van der Waals surface area contributed by atoms with E-state index in [9.17, 15) is 9.90 Å². The molecule has 0 aliphatic rings. The van der Waals surface area contributed by atoms with Crippen LogP contribution in [-0.2, 0) is 9.53 Å². The van der Waals surface area contributed by atoms with Gasteiger partial charge in [-0.2, -0.15) is 0 Å². The number of aliphatic hydroxyl groups excluding tert-OH is 1. The molecule has 0 aromatic heterocycles. The second-order valence-electron chi connectivity index (χ2n) is 6.11. The summed E-state index contributed by atoms with van der Waals surface area (Å²) in [6.45, 7) is 2.18. The molecular formula is C21H36O3. The molecule has 1 atom stereocenters. The van der Waals surface area contributed by atoms with Gasteiger partial charge in [0.25, 0.3) is 0 Å². The molecule has 0 fully saturated rings. The molecule has 0 saturated heterocycles. The van der Waals surface area contributed by atoms with Crippen LogP contribution < -0.4 is 0 Å². The number of hydrogen-bond donors (Lipinski definition) is 1. The second kappa shape index (κ2) is 18.0. The average Bonchev–Trinajstić information content (AvgIpc) is 2.59. The molecule has 3 heteroatoms. The van der Waals surface area contributed by atoms with Crippen molar-refractivity contribution in [2.75, 3.05) is 7.11 Å². The third-order valence-corrected chi connectivity index (χ3v) is 3.83. The number of methoxy groups -OCH3 is 1. The van der Waals surface area contributed by atoms with Crippen molar-refractivity contribution < 1.29 is 14.6 Å². The number of carbonyl (C=O) groups is 1. The van der Waals surface area contributed by atoms with E-state index in [0.717, 1.165) is 51.4 Å². The van der Waals surface area contributed by atoms with Gasteiger partial charge in [-0.05, 0) is 25.7 Å². The van der Waals surface area contributed by atoms with E-state index in [1.165, 1.54) is 20.0 Å². The van der Waals surface area contributed by atoms with Crippen LogP contribution in [0.5, 0.6) is 0 Å². The molecule has 1 unspecified atom stereocenters. The van der Waals surface area contributed by atoms with Crippen LogP contribution in [0.3, 0.4) is 0 Å². The smallest absolute Gasteiger partial charge is 0.305 e. The molecule has 0 aromatic rings. The lowest BCUT2D eigenvalue weighted by molar-refractivity contribution is -0.140. The van der Waals surface area contributed by atoms with E-state index in [0.29, 0.717) is 6.42 Å². The highest BCUT2D eigenvalue weighted by Crippen LogP contribution is 2.10. The Hall–Kier alpha value is -1.35. The van der Waals surface area contributed by atoms with Crippen LogP contribution in [0.25, 0.3) is 0 Å². The minimum Gasteiger partial charge on any atom is -0.469 e. The fraction of sp³-hybridized carbons (Fsp3) is 0.667. The number of allylic oxidation sites excluding steroid dienone is 5. The highest BCUT2D eigenvalue weighted by molar-refractivity contribution is 5.68. The summed E-state index contributed by atoms with van der Waals surface area (Å²) in [5.41, 5.74) is 0. The number of ether oxygens (including phenoxy) is 1. The predicted molar refractivity (Wildman–Crippen MR) is 102 cm³/mol. The molecule has 0 aliphatic carbocycles. The lowest BCUT2D eigenvalue weighted by atomic mass is 10.1. The predicted octanol–water partition coefficient (Wildman–Crippen LogP) is 5.50. The largest absolute Gasteiger partial charge is 0.469 e. The molecular weight excluding hydrogens is 300 g/mol. The number of hydrogen-bond acceptors (Lipinski definition) is 3. The van der Waals surface area contributed by atoms with Crippen molar-refractivity contribution >= 4 is 5.97 Å². The highest BCUT2D eigenvalue weighted by atomic mass is 16.5. The molecule has 0 aliphatic heterocycles. The van der Waals surface area contributed by atoms with Crippen LogP contribution in [0, 0.1) is 0 Å². The normalized spacial score (nSPS) is 13.3. The Morgan fingerprint density at radius 2 is 1.71 bits per heavy atom. The SMILES string of the molecule is CCCC=CCC=CC=CC(O)CCCCCCCCC(=O)OC. The highest BCUT2D eigenvalue weighted by Gasteiger charge is 2.00. The van der Waals surface area contributed by atoms with E-state index in [4.69, 9.17) is 0 Å². The van der Waals surface area contributed by atoms with Crippen molar-refractivity contribution in [3.63, 3.8) is 0 Å². The summed E-state index contributed by atoms with van der Waals surface area (Å²) in [4.78, 5) is 10.9. The first kappa shape index (κ1) is 22.6. The third kappa shape index (κ3) is 17.0. The summed E-state index contributed by atoms with van der Waals surface area (Å²) < 4.78 is 4.61. The monoisotopic (exact) mass is 336 g/mol. The first-order chi connectivity index (χ1) is 11.7. The fourth-order valence-electron chi connectivity index (χ4n) is 2.34. The second-order valence-corrected chi connectivity index (χ2v) is 6.11. The third-order valence-electron chi connectivity index (χ3n) is 3.83. The maximum absolute atomic E-state index is 10.9. The van der Waals surface area contributed by atoms with Gasteiger partial charge in [0.15, 0.2) is 0 Å². The average molecular weight is 337 g/mol. The number of unbranched alkanes of at least 4 members (excludes halogenated alkanes) is 6. The molecule has 0 amide bonds. The van der Waals surface area contributed by atoms with Crippen molar-refractivity contribution in [3.05, 3.63) is 36.5 Å². The number of carbonyl (C=O) groups excluding carboxylic acids is 1. The minimum absolute atomic E-state index is 0.115. The minimum atomic E-state index is -0.343. The maximum atomic E-state index is 10.9. The van der Waals surface area contributed by atoms with E-state index in [-0.39, 0.29) is 12.1 Å². The Balaban J connectivity index is 3.45. The van der Waals surface area contributed by atoms with Crippen LogP contribution in [0.2, 0.25) is 0 Å². The van der Waals surface area contributed by atoms with Crippen molar-refractivity contribution in [2.24, 2.45) is 0 Å². The van der Waals surface area contributed by atoms with Gasteiger partial charge in [-0.3, -0.25) is 4.79 Å². The van der Waals surface area contributed by atoms with Gasteiger partial charge < -0.3 is 9.84 Å². The summed E-state index contributed by atoms with van der Waals surface area (Å²) in [5, 5.41) is 9.86. The molecule has 0 saturated carbocycles. The molecule has 0 aromatic carbocycles. The Kier molecular flexibility index (Phi) is 17.0. The van der Waals surface area contributed by atoms with Gasteiger partial charge in [0.1, 0.15) is 0 Å². The maximum Gasteiger partial charge on any atom is 0.305 e. The quantitative estimate of drug-likeness (QED) is 0.186. The van der Waals surface area contributed by atoms with E-state index < -0.39 is 0 Å². The molecule has 0 bridgehead atoms. The fourth-order valence-corrected chi connectivity index (χ4v) is 2.34. The molecule has 138 valence electrons. The molecule has 0 spiro atoms. The summed E-state index contributed by atoms with van der Waals surface area (Å²) in [6.07, 6.45) is 23.1. The van der Waals surface area contributed by atoms with E-state index in [2.05, 4.69) is 29.9 Å². The van der Waals surface area contributed by atoms with Gasteiger partial charge in [0.05, 0.1) is 13.2 Å². The zero-order valence-corrected chi connectivity index (χ0v) is 15.6. The van der Waals surface area contributed by atoms with Gasteiger partial charge in [-0.25, -0.2) is 0 Å². The van der Waals surface area contributed by atoms with Gasteiger partial charge in [0, 0.05) is 6.42 Å². The van der Waals surface area contributed by atoms with E-state index in [1.54, 1.807) is 0 Å². The first-order valence-corrected chi connectivity index (χ1v) is 9.44.